The van der Waals surface area contributed by atoms with Gasteiger partial charge in [-0.05, 0) is 17.4 Å². The van der Waals surface area contributed by atoms with Crippen LogP contribution in [0.4, 0.5) is 4.79 Å². The Hall–Kier alpha value is -1.77. The summed E-state index contributed by atoms with van der Waals surface area (Å²) < 4.78 is 5.22. The maximum atomic E-state index is 11.8. The Morgan fingerprint density at radius 1 is 1.37 bits per heavy atom. The van der Waals surface area contributed by atoms with E-state index in [0.717, 1.165) is 12.0 Å². The Morgan fingerprint density at radius 2 is 2.00 bits per heavy atom. The zero-order chi connectivity index (χ0) is 14.3. The first kappa shape index (κ1) is 15.3. The number of rotatable bonds is 5. The van der Waals surface area contributed by atoms with Crippen LogP contribution in [-0.2, 0) is 11.3 Å². The minimum absolute atomic E-state index is 0.0215. The molecule has 0 aliphatic heterocycles. The number of hydrogen-bond acceptors (Lipinski definition) is 2. The van der Waals surface area contributed by atoms with Crippen molar-refractivity contribution in [3.63, 3.8) is 0 Å². The minimum atomic E-state index is -0.384. The van der Waals surface area contributed by atoms with Gasteiger partial charge in [0.1, 0.15) is 6.61 Å². The first-order valence-corrected chi connectivity index (χ1v) is 6.51. The van der Waals surface area contributed by atoms with Crippen LogP contribution < -0.4 is 5.32 Å². The zero-order valence-electron chi connectivity index (χ0n) is 12.0. The molecule has 0 bridgehead atoms. The molecule has 0 saturated heterocycles. The SMILES string of the molecule is C=CCC(NC(=O)OCc1ccccc1)C(C)(C)C. The van der Waals surface area contributed by atoms with Gasteiger partial charge >= 0.3 is 6.09 Å². The van der Waals surface area contributed by atoms with Crippen LogP contribution in [0.3, 0.4) is 0 Å². The Bertz CT molecular complexity index is 407. The maximum Gasteiger partial charge on any atom is 0.407 e. The minimum Gasteiger partial charge on any atom is -0.445 e. The largest absolute Gasteiger partial charge is 0.445 e. The Labute approximate surface area is 115 Å². The third-order valence-electron chi connectivity index (χ3n) is 2.95. The summed E-state index contributed by atoms with van der Waals surface area (Å²) in [6, 6.07) is 9.66. The fraction of sp³-hybridized carbons (Fsp3) is 0.438. The third kappa shape index (κ3) is 5.60. The molecule has 0 spiro atoms. The summed E-state index contributed by atoms with van der Waals surface area (Å²) in [5, 5.41) is 2.90. The molecule has 1 N–H and O–H groups in total. The molecule has 104 valence electrons. The molecule has 19 heavy (non-hydrogen) atoms. The van der Waals surface area contributed by atoms with Gasteiger partial charge in [-0.1, -0.05) is 57.2 Å². The number of alkyl carbamates (subject to hydrolysis) is 1. The van der Waals surface area contributed by atoms with Crippen LogP contribution in [0.1, 0.15) is 32.8 Å². The highest BCUT2D eigenvalue weighted by molar-refractivity contribution is 5.67. The van der Waals surface area contributed by atoms with E-state index in [4.69, 9.17) is 4.74 Å². The Morgan fingerprint density at radius 3 is 2.53 bits per heavy atom. The molecular formula is C16H23NO2. The van der Waals surface area contributed by atoms with E-state index in [0.29, 0.717) is 0 Å². The average molecular weight is 261 g/mol. The van der Waals surface area contributed by atoms with E-state index in [1.807, 2.05) is 36.4 Å². The average Bonchev–Trinajstić information content (AvgIpc) is 2.36. The van der Waals surface area contributed by atoms with Crippen LogP contribution in [-0.4, -0.2) is 12.1 Å². The van der Waals surface area contributed by atoms with Gasteiger partial charge in [0, 0.05) is 6.04 Å². The van der Waals surface area contributed by atoms with Gasteiger partial charge in [0.05, 0.1) is 0 Å². The monoisotopic (exact) mass is 261 g/mol. The molecule has 0 aliphatic rings. The topological polar surface area (TPSA) is 38.3 Å². The van der Waals surface area contributed by atoms with Crippen LogP contribution >= 0.6 is 0 Å². The first-order valence-electron chi connectivity index (χ1n) is 6.51. The van der Waals surface area contributed by atoms with E-state index < -0.39 is 0 Å². The zero-order valence-corrected chi connectivity index (χ0v) is 12.0. The van der Waals surface area contributed by atoms with Gasteiger partial charge in [0.2, 0.25) is 0 Å². The van der Waals surface area contributed by atoms with Gasteiger partial charge in [0.25, 0.3) is 0 Å². The first-order chi connectivity index (χ1) is 8.93. The summed E-state index contributed by atoms with van der Waals surface area (Å²) in [7, 11) is 0. The fourth-order valence-electron chi connectivity index (χ4n) is 1.70. The lowest BCUT2D eigenvalue weighted by Crippen LogP contribution is -2.43. The number of hydrogen-bond donors (Lipinski definition) is 1. The van der Waals surface area contributed by atoms with E-state index in [1.165, 1.54) is 0 Å². The molecule has 0 aliphatic carbocycles. The number of amides is 1. The smallest absolute Gasteiger partial charge is 0.407 e. The van der Waals surface area contributed by atoms with Crippen molar-refractivity contribution in [1.82, 2.24) is 5.32 Å². The summed E-state index contributed by atoms with van der Waals surface area (Å²) in [5.74, 6) is 0. The van der Waals surface area contributed by atoms with Gasteiger partial charge in [-0.15, -0.1) is 6.58 Å². The second-order valence-corrected chi connectivity index (χ2v) is 5.65. The van der Waals surface area contributed by atoms with Crippen LogP contribution in [0.15, 0.2) is 43.0 Å². The molecule has 1 aromatic rings. The normalized spacial score (nSPS) is 12.6. The fourth-order valence-corrected chi connectivity index (χ4v) is 1.70. The highest BCUT2D eigenvalue weighted by atomic mass is 16.5. The predicted octanol–water partition coefficient (Wildman–Crippen LogP) is 3.90. The van der Waals surface area contributed by atoms with E-state index >= 15 is 0 Å². The molecule has 1 unspecified atom stereocenters. The van der Waals surface area contributed by atoms with Crippen molar-refractivity contribution in [2.75, 3.05) is 0 Å². The van der Waals surface area contributed by atoms with Crippen LogP contribution in [0.25, 0.3) is 0 Å². The highest BCUT2D eigenvalue weighted by Crippen LogP contribution is 2.22. The van der Waals surface area contributed by atoms with Gasteiger partial charge in [0.15, 0.2) is 0 Å². The predicted molar refractivity (Wildman–Crippen MR) is 77.8 cm³/mol. The van der Waals surface area contributed by atoms with Crippen molar-refractivity contribution in [3.05, 3.63) is 48.6 Å². The van der Waals surface area contributed by atoms with E-state index in [2.05, 4.69) is 32.7 Å². The third-order valence-corrected chi connectivity index (χ3v) is 2.95. The molecule has 3 nitrogen and oxygen atoms in total. The molecule has 0 saturated carbocycles. The number of carbonyl (C=O) groups excluding carboxylic acids is 1. The van der Waals surface area contributed by atoms with Gasteiger partial charge < -0.3 is 10.1 Å². The number of ether oxygens (including phenoxy) is 1. The molecule has 0 heterocycles. The number of carbonyl (C=O) groups is 1. The maximum absolute atomic E-state index is 11.8. The molecule has 1 aromatic carbocycles. The lowest BCUT2D eigenvalue weighted by Gasteiger charge is -2.30. The van der Waals surface area contributed by atoms with E-state index in [9.17, 15) is 4.79 Å². The molecule has 1 atom stereocenters. The summed E-state index contributed by atoms with van der Waals surface area (Å²) in [6.45, 7) is 10.3. The lowest BCUT2D eigenvalue weighted by atomic mass is 9.85. The van der Waals surface area contributed by atoms with Crippen molar-refractivity contribution in [2.45, 2.75) is 39.8 Å². The second-order valence-electron chi connectivity index (χ2n) is 5.65. The second kappa shape index (κ2) is 6.98. The van der Waals surface area contributed by atoms with Gasteiger partial charge in [-0.25, -0.2) is 4.79 Å². The van der Waals surface area contributed by atoms with Crippen LogP contribution in [0.5, 0.6) is 0 Å². The van der Waals surface area contributed by atoms with E-state index in [-0.39, 0.29) is 24.2 Å². The molecule has 1 amide bonds. The number of benzene rings is 1. The van der Waals surface area contributed by atoms with Crippen molar-refractivity contribution < 1.29 is 9.53 Å². The van der Waals surface area contributed by atoms with Crippen LogP contribution in [0, 0.1) is 5.41 Å². The van der Waals surface area contributed by atoms with Gasteiger partial charge in [-0.2, -0.15) is 0 Å². The summed E-state index contributed by atoms with van der Waals surface area (Å²) in [4.78, 5) is 11.8. The number of nitrogens with one attached hydrogen (secondary N) is 1. The molecular weight excluding hydrogens is 238 g/mol. The molecule has 0 fully saturated rings. The van der Waals surface area contributed by atoms with Crippen molar-refractivity contribution >= 4 is 6.09 Å². The van der Waals surface area contributed by atoms with E-state index in [1.54, 1.807) is 0 Å². The summed E-state index contributed by atoms with van der Waals surface area (Å²) >= 11 is 0. The van der Waals surface area contributed by atoms with Crippen molar-refractivity contribution in [2.24, 2.45) is 5.41 Å². The standard InChI is InChI=1S/C16H23NO2/c1-5-9-14(16(2,3)4)17-15(18)19-12-13-10-7-6-8-11-13/h5-8,10-11,14H,1,9,12H2,2-4H3,(H,17,18). The molecule has 1 rings (SSSR count). The summed E-state index contributed by atoms with van der Waals surface area (Å²) in [5.41, 5.74) is 0.952. The molecule has 3 heteroatoms. The molecule has 0 radical (unpaired) electrons. The van der Waals surface area contributed by atoms with Crippen LogP contribution in [0.2, 0.25) is 0 Å². The quantitative estimate of drug-likeness (QED) is 0.816. The summed E-state index contributed by atoms with van der Waals surface area (Å²) in [6.07, 6.45) is 2.16. The van der Waals surface area contributed by atoms with Crippen molar-refractivity contribution in [3.8, 4) is 0 Å². The molecule has 0 aromatic heterocycles. The van der Waals surface area contributed by atoms with Gasteiger partial charge in [-0.3, -0.25) is 0 Å². The highest BCUT2D eigenvalue weighted by Gasteiger charge is 2.25. The Balaban J connectivity index is 2.47. The van der Waals surface area contributed by atoms with Crippen molar-refractivity contribution in [1.29, 1.82) is 0 Å². The lowest BCUT2D eigenvalue weighted by molar-refractivity contribution is 0.126. The Kier molecular flexibility index (Phi) is 5.61.